The topological polar surface area (TPSA) is 80.7 Å². The van der Waals surface area contributed by atoms with Gasteiger partial charge in [-0.1, -0.05) is 6.92 Å². The molecule has 0 saturated carbocycles. The maximum absolute atomic E-state index is 10.2. The van der Waals surface area contributed by atoms with Gasteiger partial charge in [-0.3, -0.25) is 14.4 Å². The first-order valence-electron chi connectivity index (χ1n) is 4.30. The fourth-order valence-corrected chi connectivity index (χ4v) is 0.476. The molecular weight excluding hydrogens is 188 g/mol. The number of carboxylic acids is 1. The first kappa shape index (κ1) is 15.1. The first-order chi connectivity index (χ1) is 6.43. The van der Waals surface area contributed by atoms with Crippen LogP contribution in [0.2, 0.25) is 0 Å². The van der Waals surface area contributed by atoms with Crippen LogP contribution in [0, 0.1) is 0 Å². The van der Waals surface area contributed by atoms with Gasteiger partial charge in [-0.25, -0.2) is 0 Å². The summed E-state index contributed by atoms with van der Waals surface area (Å²) < 4.78 is 4.55. The molecule has 82 valence electrons. The van der Waals surface area contributed by atoms with Gasteiger partial charge in [0.25, 0.3) is 0 Å². The van der Waals surface area contributed by atoms with Gasteiger partial charge in [0.15, 0.2) is 0 Å². The van der Waals surface area contributed by atoms with Gasteiger partial charge < -0.3 is 9.84 Å². The highest BCUT2D eigenvalue weighted by molar-refractivity contribution is 5.93. The summed E-state index contributed by atoms with van der Waals surface area (Å²) in [4.78, 5) is 29.7. The second kappa shape index (κ2) is 9.70. The average Bonchev–Trinajstić information content (AvgIpc) is 2.03. The minimum Gasteiger partial charge on any atom is -0.481 e. The zero-order valence-corrected chi connectivity index (χ0v) is 8.70. The molecule has 1 N–H and O–H groups in total. The minimum absolute atomic E-state index is 0.123. The predicted octanol–water partition coefficient (Wildman–Crippen LogP) is 1.01. The molecule has 0 aliphatic carbocycles. The summed E-state index contributed by atoms with van der Waals surface area (Å²) in [5, 5.41) is 7.86. The zero-order valence-electron chi connectivity index (χ0n) is 8.70. The fraction of sp³-hybridized carbons (Fsp3) is 0.667. The van der Waals surface area contributed by atoms with E-state index in [0.29, 0.717) is 13.0 Å². The minimum atomic E-state index is -1.06. The monoisotopic (exact) mass is 204 g/mol. The van der Waals surface area contributed by atoms with Crippen LogP contribution in [-0.4, -0.2) is 29.4 Å². The number of esters is 1. The zero-order chi connectivity index (χ0) is 11.6. The number of hydrogen-bond donors (Lipinski definition) is 1. The summed E-state index contributed by atoms with van der Waals surface area (Å²) in [7, 11) is 0. The second-order valence-electron chi connectivity index (χ2n) is 2.43. The van der Waals surface area contributed by atoms with E-state index in [1.54, 1.807) is 13.8 Å². The van der Waals surface area contributed by atoms with Crippen molar-refractivity contribution in [1.29, 1.82) is 0 Å². The lowest BCUT2D eigenvalue weighted by atomic mass is 10.3. The molecule has 0 spiro atoms. The Labute approximate surface area is 83.1 Å². The van der Waals surface area contributed by atoms with E-state index in [-0.39, 0.29) is 18.2 Å². The second-order valence-corrected chi connectivity index (χ2v) is 2.43. The number of carboxylic acid groups (broad SMARTS) is 1. The van der Waals surface area contributed by atoms with Crippen molar-refractivity contribution in [2.75, 3.05) is 6.61 Å². The molecule has 14 heavy (non-hydrogen) atoms. The number of carbonyl (C=O) groups is 3. The Bertz CT molecular complexity index is 185. The van der Waals surface area contributed by atoms with Crippen LogP contribution in [-0.2, 0) is 19.1 Å². The quantitative estimate of drug-likeness (QED) is 0.546. The van der Waals surface area contributed by atoms with Crippen molar-refractivity contribution < 1.29 is 24.2 Å². The summed E-state index contributed by atoms with van der Waals surface area (Å²) in [5.41, 5.74) is 0. The number of carbonyl (C=O) groups excluding carboxylic acids is 2. The van der Waals surface area contributed by atoms with Gasteiger partial charge in [0.05, 0.1) is 6.61 Å². The Morgan fingerprint density at radius 3 is 1.79 bits per heavy atom. The third-order valence-corrected chi connectivity index (χ3v) is 0.994. The van der Waals surface area contributed by atoms with Crippen LogP contribution < -0.4 is 0 Å². The molecule has 0 atom stereocenters. The number of rotatable bonds is 4. The van der Waals surface area contributed by atoms with E-state index in [1.165, 1.54) is 6.92 Å². The molecule has 5 nitrogen and oxygen atoms in total. The van der Waals surface area contributed by atoms with Gasteiger partial charge >= 0.3 is 11.9 Å². The van der Waals surface area contributed by atoms with Gasteiger partial charge in [-0.05, 0) is 13.8 Å². The van der Waals surface area contributed by atoms with Crippen LogP contribution in [0.25, 0.3) is 0 Å². The third kappa shape index (κ3) is 16.9. The molecule has 0 rings (SSSR count). The van der Waals surface area contributed by atoms with Crippen molar-refractivity contribution in [3.63, 3.8) is 0 Å². The molecule has 0 saturated heterocycles. The average molecular weight is 204 g/mol. The summed E-state index contributed by atoms with van der Waals surface area (Å²) in [6.07, 6.45) is 0.119. The number of ketones is 1. The molecule has 0 fully saturated rings. The van der Waals surface area contributed by atoms with Crippen LogP contribution >= 0.6 is 0 Å². The molecule has 5 heteroatoms. The Morgan fingerprint density at radius 2 is 1.71 bits per heavy atom. The van der Waals surface area contributed by atoms with E-state index in [4.69, 9.17) is 5.11 Å². The van der Waals surface area contributed by atoms with Gasteiger partial charge in [-0.15, -0.1) is 0 Å². The predicted molar refractivity (Wildman–Crippen MR) is 49.9 cm³/mol. The lowest BCUT2D eigenvalue weighted by molar-refractivity contribution is -0.143. The molecule has 0 aliphatic rings. The number of Topliss-reactive ketones (excluding diaryl/α,β-unsaturated/α-hetero) is 1. The van der Waals surface area contributed by atoms with Gasteiger partial charge in [0.2, 0.25) is 0 Å². The van der Waals surface area contributed by atoms with Gasteiger partial charge in [0, 0.05) is 6.42 Å². The standard InChI is InChI=1S/C5H10O2.C4H6O3/c1-3-5(6)7-4-2;1-3(5)2-4(6)7/h3-4H2,1-2H3;2H2,1H3,(H,6,7). The highest BCUT2D eigenvalue weighted by atomic mass is 16.5. The van der Waals surface area contributed by atoms with E-state index in [9.17, 15) is 14.4 Å². The van der Waals surface area contributed by atoms with Crippen molar-refractivity contribution >= 4 is 17.7 Å². The van der Waals surface area contributed by atoms with Crippen molar-refractivity contribution in [1.82, 2.24) is 0 Å². The summed E-state index contributed by atoms with van der Waals surface area (Å²) in [5.74, 6) is -1.50. The SMILES string of the molecule is CC(=O)CC(=O)O.CCOC(=O)CC. The molecule has 0 aromatic heterocycles. The maximum Gasteiger partial charge on any atom is 0.310 e. The Morgan fingerprint density at radius 1 is 1.21 bits per heavy atom. The molecule has 0 aromatic rings. The lowest BCUT2D eigenvalue weighted by Crippen LogP contribution is -2.00. The van der Waals surface area contributed by atoms with Crippen LogP contribution in [0.1, 0.15) is 33.6 Å². The van der Waals surface area contributed by atoms with E-state index >= 15 is 0 Å². The largest absolute Gasteiger partial charge is 0.481 e. The molecule has 0 heterocycles. The van der Waals surface area contributed by atoms with Crippen molar-refractivity contribution in [3.05, 3.63) is 0 Å². The van der Waals surface area contributed by atoms with Crippen molar-refractivity contribution in [2.45, 2.75) is 33.6 Å². The summed E-state index contributed by atoms with van der Waals surface area (Å²) in [6.45, 7) is 5.31. The smallest absolute Gasteiger partial charge is 0.310 e. The molecular formula is C9H16O5. The molecule has 0 aliphatic heterocycles. The Balaban J connectivity index is 0. The highest BCUT2D eigenvalue weighted by Crippen LogP contribution is 1.80. The van der Waals surface area contributed by atoms with Crippen molar-refractivity contribution in [2.24, 2.45) is 0 Å². The Kier molecular flexibility index (Phi) is 10.5. The molecule has 0 unspecified atom stereocenters. The number of aliphatic carboxylic acids is 1. The van der Waals surface area contributed by atoms with Gasteiger partial charge in [0.1, 0.15) is 12.2 Å². The molecule has 0 radical (unpaired) electrons. The van der Waals surface area contributed by atoms with Crippen LogP contribution in [0.4, 0.5) is 0 Å². The van der Waals surface area contributed by atoms with E-state index < -0.39 is 5.97 Å². The molecule has 0 amide bonds. The first-order valence-corrected chi connectivity index (χ1v) is 4.30. The van der Waals surface area contributed by atoms with Crippen LogP contribution in [0.5, 0.6) is 0 Å². The normalized spacial score (nSPS) is 8.21. The van der Waals surface area contributed by atoms with Crippen LogP contribution in [0.3, 0.4) is 0 Å². The molecule has 0 aromatic carbocycles. The van der Waals surface area contributed by atoms with E-state index in [2.05, 4.69) is 4.74 Å². The number of hydrogen-bond acceptors (Lipinski definition) is 4. The van der Waals surface area contributed by atoms with Crippen molar-refractivity contribution in [3.8, 4) is 0 Å². The summed E-state index contributed by atoms with van der Waals surface area (Å²) in [6, 6.07) is 0. The van der Waals surface area contributed by atoms with E-state index in [0.717, 1.165) is 0 Å². The number of ether oxygens (including phenoxy) is 1. The summed E-state index contributed by atoms with van der Waals surface area (Å²) >= 11 is 0. The third-order valence-electron chi connectivity index (χ3n) is 0.994. The highest BCUT2D eigenvalue weighted by Gasteiger charge is 1.98. The van der Waals surface area contributed by atoms with E-state index in [1.807, 2.05) is 0 Å². The Hall–Kier alpha value is -1.39. The fourth-order valence-electron chi connectivity index (χ4n) is 0.476. The van der Waals surface area contributed by atoms with Crippen LogP contribution in [0.15, 0.2) is 0 Å². The lowest BCUT2D eigenvalue weighted by Gasteiger charge is -1.93. The maximum atomic E-state index is 10.2. The van der Waals surface area contributed by atoms with Gasteiger partial charge in [-0.2, -0.15) is 0 Å². The molecule has 0 bridgehead atoms.